The number of carboxylic acids is 4. The van der Waals surface area contributed by atoms with Crippen LogP contribution in [0.15, 0.2) is 121 Å². The van der Waals surface area contributed by atoms with Gasteiger partial charge in [0, 0.05) is 5.56 Å². The zero-order valence-corrected chi connectivity index (χ0v) is 32.2. The van der Waals surface area contributed by atoms with Crippen molar-refractivity contribution in [2.75, 3.05) is 0 Å². The van der Waals surface area contributed by atoms with Crippen LogP contribution >= 0.6 is 0 Å². The van der Waals surface area contributed by atoms with E-state index in [2.05, 4.69) is 0 Å². The quantitative estimate of drug-likeness (QED) is 0.198. The standard InChI is InChI=1S/C48H30N4O8.Cu/c53-45(54)29-9-1-25(2-10-29)41-33-17-19-35(49-33)42(26-3-11-30(12-4-26)46(55)56)37-21-23-39(51-37)44(28-7-15-32(16-8-28)48(59)60)40-24-22-38(52-40)43(36-20-18-34(41)50-36)27-5-13-31(14-6-27)47(57)58;/h1-24H,(H6,49,50,51,52,53,54,55,56,57,58,59,60);/q;+2/p-6. The number of benzene rings is 4. The molecule has 0 saturated heterocycles. The third kappa shape index (κ3) is 7.42. The summed E-state index contributed by atoms with van der Waals surface area (Å²) in [6.45, 7) is 0. The van der Waals surface area contributed by atoms with Crippen LogP contribution in [-0.2, 0) is 17.1 Å². The molecule has 3 aromatic heterocycles. The second-order valence-electron chi connectivity index (χ2n) is 13.8. The predicted octanol–water partition coefficient (Wildman–Crippen LogP) is 4.03. The fourth-order valence-corrected chi connectivity index (χ4v) is 7.36. The molecule has 1 radical (unpaired) electrons. The summed E-state index contributed by atoms with van der Waals surface area (Å²) in [5, 5.41) is 46.8. The molecule has 7 aromatic rings. The monoisotopic (exact) mass is 847 g/mol. The molecular weight excluding hydrogens is 824 g/mol. The molecule has 4 aromatic carbocycles. The van der Waals surface area contributed by atoms with Crippen LogP contribution in [0.4, 0.5) is 0 Å². The van der Waals surface area contributed by atoms with Gasteiger partial charge in [-0.1, -0.05) is 121 Å². The summed E-state index contributed by atoms with van der Waals surface area (Å²) in [5.74, 6) is -5.34. The Hall–Kier alpha value is -8.12. The molecule has 0 atom stereocenters. The van der Waals surface area contributed by atoms with Crippen LogP contribution < -0.4 is 30.4 Å². The summed E-state index contributed by atoms with van der Waals surface area (Å²) in [6.07, 6.45) is 7.20. The van der Waals surface area contributed by atoms with Crippen LogP contribution in [0.1, 0.15) is 64.2 Å². The number of carboxylic acid groups (broad SMARTS) is 4. The molecule has 8 bridgehead atoms. The molecule has 2 aliphatic heterocycles. The first-order chi connectivity index (χ1) is 29.0. The van der Waals surface area contributed by atoms with Crippen LogP contribution in [0, 0.1) is 0 Å². The van der Waals surface area contributed by atoms with Gasteiger partial charge in [0.2, 0.25) is 0 Å². The topological polar surface area (TPSA) is 214 Å². The summed E-state index contributed by atoms with van der Waals surface area (Å²) in [6, 6.07) is 31.8. The molecule has 299 valence electrons. The molecule has 2 aliphatic rings. The first-order valence-corrected chi connectivity index (χ1v) is 18.4. The molecule has 0 amide bonds. The summed E-state index contributed by atoms with van der Waals surface area (Å²) < 4.78 is 0. The van der Waals surface area contributed by atoms with Crippen LogP contribution in [0.3, 0.4) is 0 Å². The first kappa shape index (κ1) is 39.7. The van der Waals surface area contributed by atoms with E-state index in [0.29, 0.717) is 89.4 Å². The van der Waals surface area contributed by atoms with E-state index >= 15 is 0 Å². The molecule has 61 heavy (non-hydrogen) atoms. The number of carbonyl (C=O) groups excluding carboxylic acids is 4. The van der Waals surface area contributed by atoms with Crippen molar-refractivity contribution in [2.24, 2.45) is 0 Å². The average molecular weight is 848 g/mol. The minimum absolute atomic E-state index is 0. The van der Waals surface area contributed by atoms with Crippen LogP contribution in [0.25, 0.3) is 90.9 Å². The number of hydrogen-bond acceptors (Lipinski definition) is 10. The van der Waals surface area contributed by atoms with Gasteiger partial charge in [-0.2, -0.15) is 0 Å². The van der Waals surface area contributed by atoms with Gasteiger partial charge in [0.05, 0.1) is 46.7 Å². The first-order valence-electron chi connectivity index (χ1n) is 18.4. The molecule has 0 spiro atoms. The maximum absolute atomic E-state index is 11.7. The number of nitrogens with zero attached hydrogens (tertiary/aromatic N) is 4. The van der Waals surface area contributed by atoms with Crippen molar-refractivity contribution < 1.29 is 56.7 Å². The molecule has 13 heteroatoms. The Labute approximate surface area is 356 Å². The Morgan fingerprint density at radius 1 is 0.328 bits per heavy atom. The van der Waals surface area contributed by atoms with Crippen molar-refractivity contribution in [1.82, 2.24) is 19.9 Å². The summed E-state index contributed by atoms with van der Waals surface area (Å²) in [5.41, 5.74) is 8.39. The van der Waals surface area contributed by atoms with Crippen molar-refractivity contribution in [3.05, 3.63) is 166 Å². The maximum Gasteiger partial charge on any atom is 2.00 e. The number of rotatable bonds is 8. The van der Waals surface area contributed by atoms with Crippen molar-refractivity contribution in [3.63, 3.8) is 0 Å². The largest absolute Gasteiger partial charge is 2.00 e. The molecule has 0 aliphatic carbocycles. The molecule has 12 nitrogen and oxygen atoms in total. The Morgan fingerprint density at radius 2 is 0.557 bits per heavy atom. The van der Waals surface area contributed by atoms with Crippen molar-refractivity contribution in [2.45, 2.75) is 0 Å². The fourth-order valence-electron chi connectivity index (χ4n) is 7.36. The number of aromatic carboxylic acids is 4. The summed E-state index contributed by atoms with van der Waals surface area (Å²) >= 11 is 0. The Morgan fingerprint density at radius 3 is 0.836 bits per heavy atom. The van der Waals surface area contributed by atoms with E-state index < -0.39 is 23.9 Å². The average Bonchev–Trinajstić information content (AvgIpc) is 4.10. The number of carbonyl (C=O) groups is 4. The van der Waals surface area contributed by atoms with E-state index in [9.17, 15) is 39.6 Å². The van der Waals surface area contributed by atoms with Gasteiger partial charge in [0.1, 0.15) is 0 Å². The molecule has 0 fully saturated rings. The molecule has 0 saturated carbocycles. The molecule has 5 heterocycles. The molecule has 9 rings (SSSR count). The normalized spacial score (nSPS) is 11.5. The third-order valence-corrected chi connectivity index (χ3v) is 10.2. The van der Waals surface area contributed by atoms with E-state index in [0.717, 1.165) is 0 Å². The second kappa shape index (κ2) is 15.9. The molecule has 0 unspecified atom stereocenters. The molecular formula is C48H24CuN4O8-4. The van der Waals surface area contributed by atoms with E-state index in [4.69, 9.17) is 19.9 Å². The van der Waals surface area contributed by atoms with Gasteiger partial charge in [-0.05, 0) is 85.5 Å². The van der Waals surface area contributed by atoms with Gasteiger partial charge in [0.25, 0.3) is 0 Å². The fraction of sp³-hybridized carbons (Fsp3) is 0. The van der Waals surface area contributed by atoms with Crippen LogP contribution in [-0.4, -0.2) is 33.8 Å². The van der Waals surface area contributed by atoms with Crippen LogP contribution in [0.5, 0.6) is 0 Å². The molecule has 0 N–H and O–H groups in total. The summed E-state index contributed by atoms with van der Waals surface area (Å²) in [4.78, 5) is 67.2. The van der Waals surface area contributed by atoms with E-state index in [1.807, 2.05) is 0 Å². The van der Waals surface area contributed by atoms with Gasteiger partial charge >= 0.3 is 17.1 Å². The van der Waals surface area contributed by atoms with Crippen LogP contribution in [0.2, 0.25) is 0 Å². The number of fused-ring (bicyclic) bond motifs is 8. The zero-order valence-electron chi connectivity index (χ0n) is 31.2. The van der Waals surface area contributed by atoms with E-state index in [1.54, 1.807) is 97.1 Å². The van der Waals surface area contributed by atoms with Crippen molar-refractivity contribution >= 4 is 70.2 Å². The Bertz CT molecular complexity index is 3030. The number of aromatic nitrogens is 4. The number of hydrogen-bond donors (Lipinski definition) is 0. The van der Waals surface area contributed by atoms with Gasteiger partial charge in [-0.15, -0.1) is 22.1 Å². The Balaban J connectivity index is 0.00000514. The minimum Gasteiger partial charge on any atom is -0.657 e. The smallest absolute Gasteiger partial charge is 0.657 e. The SMILES string of the molecule is O=C([O-])c1ccc(-c2c3nc(c(-c4ccc(C(=O)[O-])cc4)c4ccc([n-]4)c(-c4ccc(C(=O)[O-])cc4)c4ccc([n-]4)c(-c4ccc(C(=O)[O-])cc4)c4nc2C=C4)C=C3)cc1.[Cu+2]. The van der Waals surface area contributed by atoms with Crippen molar-refractivity contribution in [1.29, 1.82) is 0 Å². The summed E-state index contributed by atoms with van der Waals surface area (Å²) in [7, 11) is 0. The third-order valence-electron chi connectivity index (χ3n) is 10.2. The van der Waals surface area contributed by atoms with Gasteiger partial charge in [-0.3, -0.25) is 0 Å². The zero-order chi connectivity index (χ0) is 41.7. The van der Waals surface area contributed by atoms with Crippen molar-refractivity contribution in [3.8, 4) is 44.5 Å². The maximum atomic E-state index is 11.7. The van der Waals surface area contributed by atoms with Gasteiger partial charge < -0.3 is 49.6 Å². The van der Waals surface area contributed by atoms with E-state index in [-0.39, 0.29) is 39.3 Å². The Kier molecular flexibility index (Phi) is 10.4. The van der Waals surface area contributed by atoms with E-state index in [1.165, 1.54) is 48.5 Å². The predicted molar refractivity (Wildman–Crippen MR) is 216 cm³/mol. The minimum atomic E-state index is -1.34. The second-order valence-corrected chi connectivity index (χ2v) is 13.8. The van der Waals surface area contributed by atoms with Gasteiger partial charge in [0.15, 0.2) is 0 Å². The van der Waals surface area contributed by atoms with Gasteiger partial charge in [-0.25, -0.2) is 9.97 Å².